The molecule has 1 aromatic heterocycles. The third kappa shape index (κ3) is 1.77. The Bertz CT molecular complexity index is 394. The number of nitrogens with one attached hydrogen (secondary N) is 1. The predicted octanol–water partition coefficient (Wildman–Crippen LogP) is 1.45. The standard InChI is InChI=1S/C10H13BrN2O/c1-7-4-8(11)6-13(10(7)14)9-2-3-12-5-9/h4,6,9,12H,2-3,5H2,1H3. The summed E-state index contributed by atoms with van der Waals surface area (Å²) in [6.45, 7) is 3.75. The molecule has 0 bridgehead atoms. The molecule has 0 aromatic carbocycles. The fourth-order valence-corrected chi connectivity index (χ4v) is 2.41. The number of hydrogen-bond donors (Lipinski definition) is 1. The maximum atomic E-state index is 11.8. The normalized spacial score (nSPS) is 21.4. The first-order valence-corrected chi connectivity index (χ1v) is 5.57. The van der Waals surface area contributed by atoms with Crippen molar-refractivity contribution in [1.82, 2.24) is 9.88 Å². The second kappa shape index (κ2) is 3.87. The number of pyridine rings is 1. The van der Waals surface area contributed by atoms with Crippen molar-refractivity contribution in [2.75, 3.05) is 13.1 Å². The van der Waals surface area contributed by atoms with Crippen LogP contribution in [0.5, 0.6) is 0 Å². The van der Waals surface area contributed by atoms with E-state index >= 15 is 0 Å². The van der Waals surface area contributed by atoms with Crippen molar-refractivity contribution in [2.24, 2.45) is 0 Å². The molecule has 4 heteroatoms. The van der Waals surface area contributed by atoms with E-state index in [1.807, 2.05) is 23.8 Å². The van der Waals surface area contributed by atoms with Gasteiger partial charge >= 0.3 is 0 Å². The number of rotatable bonds is 1. The first-order valence-electron chi connectivity index (χ1n) is 4.77. The highest BCUT2D eigenvalue weighted by Crippen LogP contribution is 2.16. The molecule has 0 aliphatic carbocycles. The molecule has 1 aromatic rings. The lowest BCUT2D eigenvalue weighted by Gasteiger charge is -2.13. The van der Waals surface area contributed by atoms with Crippen molar-refractivity contribution >= 4 is 15.9 Å². The SMILES string of the molecule is Cc1cc(Br)cn(C2CCNC2)c1=O. The molecule has 0 amide bonds. The minimum Gasteiger partial charge on any atom is -0.315 e. The number of aryl methyl sites for hydroxylation is 1. The van der Waals surface area contributed by atoms with Crippen LogP contribution in [-0.2, 0) is 0 Å². The van der Waals surface area contributed by atoms with Crippen molar-refractivity contribution in [3.63, 3.8) is 0 Å². The molecule has 14 heavy (non-hydrogen) atoms. The van der Waals surface area contributed by atoms with Gasteiger partial charge < -0.3 is 9.88 Å². The highest BCUT2D eigenvalue weighted by atomic mass is 79.9. The summed E-state index contributed by atoms with van der Waals surface area (Å²) < 4.78 is 2.81. The number of aromatic nitrogens is 1. The van der Waals surface area contributed by atoms with Crippen molar-refractivity contribution in [3.8, 4) is 0 Å². The fraction of sp³-hybridized carbons (Fsp3) is 0.500. The van der Waals surface area contributed by atoms with Gasteiger partial charge in [0.15, 0.2) is 0 Å². The zero-order chi connectivity index (χ0) is 10.1. The smallest absolute Gasteiger partial charge is 0.253 e. The van der Waals surface area contributed by atoms with Crippen molar-refractivity contribution in [2.45, 2.75) is 19.4 Å². The summed E-state index contributed by atoms with van der Waals surface area (Å²) in [7, 11) is 0. The van der Waals surface area contributed by atoms with Crippen LogP contribution in [0, 0.1) is 6.92 Å². The molecule has 1 atom stereocenters. The molecule has 0 radical (unpaired) electrons. The van der Waals surface area contributed by atoms with Gasteiger partial charge in [0, 0.05) is 22.8 Å². The van der Waals surface area contributed by atoms with E-state index in [1.165, 1.54) is 0 Å². The van der Waals surface area contributed by atoms with Gasteiger partial charge in [0.25, 0.3) is 5.56 Å². The molecular weight excluding hydrogens is 244 g/mol. The van der Waals surface area contributed by atoms with Crippen molar-refractivity contribution in [3.05, 3.63) is 32.7 Å². The maximum Gasteiger partial charge on any atom is 0.253 e. The molecule has 1 N–H and O–H groups in total. The van der Waals surface area contributed by atoms with Gasteiger partial charge in [0.1, 0.15) is 0 Å². The summed E-state index contributed by atoms with van der Waals surface area (Å²) in [6, 6.07) is 2.18. The van der Waals surface area contributed by atoms with Gasteiger partial charge in [0.2, 0.25) is 0 Å². The van der Waals surface area contributed by atoms with Crippen LogP contribution in [0.15, 0.2) is 21.5 Å². The van der Waals surface area contributed by atoms with Gasteiger partial charge in [-0.1, -0.05) is 0 Å². The molecule has 0 saturated carbocycles. The van der Waals surface area contributed by atoms with Crippen molar-refractivity contribution in [1.29, 1.82) is 0 Å². The number of hydrogen-bond acceptors (Lipinski definition) is 2. The topological polar surface area (TPSA) is 34.0 Å². The van der Waals surface area contributed by atoms with Crippen LogP contribution in [-0.4, -0.2) is 17.7 Å². The Kier molecular flexibility index (Phi) is 2.74. The molecule has 1 unspecified atom stereocenters. The lowest BCUT2D eigenvalue weighted by molar-refractivity contribution is 0.526. The van der Waals surface area contributed by atoms with Crippen LogP contribution < -0.4 is 10.9 Å². The Balaban J connectivity index is 2.46. The number of halogens is 1. The van der Waals surface area contributed by atoms with Crippen LogP contribution in [0.1, 0.15) is 18.0 Å². The van der Waals surface area contributed by atoms with Gasteiger partial charge in [0.05, 0.1) is 6.04 Å². The highest BCUT2D eigenvalue weighted by Gasteiger charge is 2.17. The molecule has 0 spiro atoms. The minimum atomic E-state index is 0.127. The molecule has 76 valence electrons. The van der Waals surface area contributed by atoms with E-state index in [0.29, 0.717) is 6.04 Å². The summed E-state index contributed by atoms with van der Waals surface area (Å²) in [5.74, 6) is 0. The van der Waals surface area contributed by atoms with Gasteiger partial charge in [-0.05, 0) is 41.9 Å². The molecule has 1 saturated heterocycles. The quantitative estimate of drug-likeness (QED) is 0.826. The molecule has 1 aliphatic heterocycles. The zero-order valence-corrected chi connectivity index (χ0v) is 9.67. The summed E-state index contributed by atoms with van der Waals surface area (Å²) in [6.07, 6.45) is 2.92. The highest BCUT2D eigenvalue weighted by molar-refractivity contribution is 9.10. The van der Waals surface area contributed by atoms with Crippen LogP contribution >= 0.6 is 15.9 Å². The maximum absolute atomic E-state index is 11.8. The van der Waals surface area contributed by atoms with Gasteiger partial charge in [-0.2, -0.15) is 0 Å². The summed E-state index contributed by atoms with van der Waals surface area (Å²) in [5, 5.41) is 3.26. The first-order chi connectivity index (χ1) is 6.68. The second-order valence-corrected chi connectivity index (χ2v) is 4.62. The van der Waals surface area contributed by atoms with E-state index in [-0.39, 0.29) is 5.56 Å². The molecular formula is C10H13BrN2O. The predicted molar refractivity (Wildman–Crippen MR) is 59.7 cm³/mol. The lowest BCUT2D eigenvalue weighted by atomic mass is 10.2. The summed E-state index contributed by atoms with van der Waals surface area (Å²) in [4.78, 5) is 11.8. The third-order valence-corrected chi connectivity index (χ3v) is 3.05. The van der Waals surface area contributed by atoms with Crippen LogP contribution in [0.3, 0.4) is 0 Å². The van der Waals surface area contributed by atoms with E-state index < -0.39 is 0 Å². The molecule has 2 rings (SSSR count). The van der Waals surface area contributed by atoms with Gasteiger partial charge in [-0.25, -0.2) is 0 Å². The largest absolute Gasteiger partial charge is 0.315 e. The first kappa shape index (κ1) is 9.93. The van der Waals surface area contributed by atoms with E-state index in [4.69, 9.17) is 0 Å². The number of nitrogens with zero attached hydrogens (tertiary/aromatic N) is 1. The molecule has 2 heterocycles. The second-order valence-electron chi connectivity index (χ2n) is 3.70. The van der Waals surface area contributed by atoms with Crippen LogP contribution in [0.25, 0.3) is 0 Å². The monoisotopic (exact) mass is 256 g/mol. The third-order valence-electron chi connectivity index (χ3n) is 2.62. The molecule has 3 nitrogen and oxygen atoms in total. The average Bonchev–Trinajstić information content (AvgIpc) is 2.63. The fourth-order valence-electron chi connectivity index (χ4n) is 1.85. The summed E-state index contributed by atoms with van der Waals surface area (Å²) >= 11 is 3.41. The molecule has 1 fully saturated rings. The summed E-state index contributed by atoms with van der Waals surface area (Å²) in [5.41, 5.74) is 0.924. The Hall–Kier alpha value is -0.610. The van der Waals surface area contributed by atoms with Crippen molar-refractivity contribution < 1.29 is 0 Å². The average molecular weight is 257 g/mol. The van der Waals surface area contributed by atoms with Crippen LogP contribution in [0.2, 0.25) is 0 Å². The lowest BCUT2D eigenvalue weighted by Crippen LogP contribution is -2.27. The van der Waals surface area contributed by atoms with E-state index in [9.17, 15) is 4.79 Å². The van der Waals surface area contributed by atoms with E-state index in [0.717, 1.165) is 29.5 Å². The Morgan fingerprint density at radius 2 is 2.43 bits per heavy atom. The Labute approximate surface area is 91.3 Å². The molecule has 1 aliphatic rings. The van der Waals surface area contributed by atoms with E-state index in [1.54, 1.807) is 0 Å². The van der Waals surface area contributed by atoms with E-state index in [2.05, 4.69) is 21.2 Å². The Morgan fingerprint density at radius 1 is 1.64 bits per heavy atom. The van der Waals surface area contributed by atoms with Gasteiger partial charge in [-0.15, -0.1) is 0 Å². The van der Waals surface area contributed by atoms with Gasteiger partial charge in [-0.3, -0.25) is 4.79 Å². The minimum absolute atomic E-state index is 0.127. The van der Waals surface area contributed by atoms with Crippen LogP contribution in [0.4, 0.5) is 0 Å². The zero-order valence-electron chi connectivity index (χ0n) is 8.09. The Morgan fingerprint density at radius 3 is 3.07 bits per heavy atom.